The highest BCUT2D eigenvalue weighted by Gasteiger charge is 2.19. The molecule has 2 unspecified atom stereocenters. The number of aliphatic hydroxyl groups excluding tert-OH is 1. The van der Waals surface area contributed by atoms with Gasteiger partial charge in [-0.1, -0.05) is 18.5 Å². The summed E-state index contributed by atoms with van der Waals surface area (Å²) in [5, 5.41) is 12.4. The topological polar surface area (TPSA) is 58.6 Å². The number of hydrogen-bond donors (Lipinski definition) is 2. The number of nitrogens with one attached hydrogen (secondary N) is 1. The lowest BCUT2D eigenvalue weighted by Gasteiger charge is -2.20. The van der Waals surface area contributed by atoms with Gasteiger partial charge in [0.2, 0.25) is 0 Å². The standard InChI is InChI=1S/C13H17ClINO3/c1-7(6-17)8(2)16-13(18)9-4-10(14)11(15)5-12(9)19-3/h4-5,7-8,17H,6H2,1-3H3,(H,16,18). The van der Waals surface area contributed by atoms with Crippen molar-refractivity contribution in [2.24, 2.45) is 5.92 Å². The fourth-order valence-corrected chi connectivity index (χ4v) is 2.06. The van der Waals surface area contributed by atoms with Crippen LogP contribution in [0.4, 0.5) is 0 Å². The lowest BCUT2D eigenvalue weighted by atomic mass is 10.0. The maximum absolute atomic E-state index is 12.2. The Bertz CT molecular complexity index is 467. The van der Waals surface area contributed by atoms with Gasteiger partial charge >= 0.3 is 0 Å². The second-order valence-electron chi connectivity index (χ2n) is 4.39. The van der Waals surface area contributed by atoms with Crippen molar-refractivity contribution in [3.05, 3.63) is 26.3 Å². The first-order valence-corrected chi connectivity index (χ1v) is 7.31. The van der Waals surface area contributed by atoms with Gasteiger partial charge in [0.1, 0.15) is 5.75 Å². The van der Waals surface area contributed by atoms with Crippen LogP contribution in [-0.4, -0.2) is 30.8 Å². The second-order valence-corrected chi connectivity index (χ2v) is 5.96. The first-order valence-electron chi connectivity index (χ1n) is 5.85. The summed E-state index contributed by atoms with van der Waals surface area (Å²) < 4.78 is 6.02. The Kier molecular flexibility index (Phi) is 6.35. The van der Waals surface area contributed by atoms with Gasteiger partial charge < -0.3 is 15.2 Å². The first-order chi connectivity index (χ1) is 8.90. The maximum Gasteiger partial charge on any atom is 0.255 e. The SMILES string of the molecule is COc1cc(I)c(Cl)cc1C(=O)NC(C)C(C)CO. The predicted molar refractivity (Wildman–Crippen MR) is 83.9 cm³/mol. The van der Waals surface area contributed by atoms with Crippen LogP contribution in [0.15, 0.2) is 12.1 Å². The maximum atomic E-state index is 12.2. The number of rotatable bonds is 5. The van der Waals surface area contributed by atoms with Gasteiger partial charge in [0.05, 0.1) is 17.7 Å². The van der Waals surface area contributed by atoms with E-state index in [0.717, 1.165) is 3.57 Å². The van der Waals surface area contributed by atoms with Crippen molar-refractivity contribution >= 4 is 40.1 Å². The van der Waals surface area contributed by atoms with Crippen LogP contribution in [0.1, 0.15) is 24.2 Å². The lowest BCUT2D eigenvalue weighted by molar-refractivity contribution is 0.0913. The van der Waals surface area contributed by atoms with Gasteiger partial charge in [0.15, 0.2) is 0 Å². The molecule has 19 heavy (non-hydrogen) atoms. The van der Waals surface area contributed by atoms with Crippen molar-refractivity contribution in [2.45, 2.75) is 19.9 Å². The molecule has 6 heteroatoms. The van der Waals surface area contributed by atoms with E-state index >= 15 is 0 Å². The molecule has 0 aromatic heterocycles. The molecule has 1 amide bonds. The van der Waals surface area contributed by atoms with E-state index in [1.54, 1.807) is 12.1 Å². The van der Waals surface area contributed by atoms with Crippen LogP contribution in [-0.2, 0) is 0 Å². The molecular formula is C13H17ClINO3. The number of ether oxygens (including phenoxy) is 1. The van der Waals surface area contributed by atoms with Gasteiger partial charge in [0, 0.05) is 16.2 Å². The van der Waals surface area contributed by atoms with Crippen molar-refractivity contribution in [1.29, 1.82) is 0 Å². The molecule has 0 fully saturated rings. The Hall–Kier alpha value is -0.530. The van der Waals surface area contributed by atoms with E-state index in [4.69, 9.17) is 21.4 Å². The largest absolute Gasteiger partial charge is 0.496 e. The van der Waals surface area contributed by atoms with Gasteiger partial charge in [-0.3, -0.25) is 4.79 Å². The summed E-state index contributed by atoms with van der Waals surface area (Å²) in [7, 11) is 1.51. The summed E-state index contributed by atoms with van der Waals surface area (Å²) in [6.07, 6.45) is 0. The van der Waals surface area contributed by atoms with Crippen molar-refractivity contribution in [2.75, 3.05) is 13.7 Å². The average molecular weight is 398 g/mol. The van der Waals surface area contributed by atoms with Gasteiger partial charge in [-0.2, -0.15) is 0 Å². The molecule has 2 atom stereocenters. The molecule has 0 spiro atoms. The summed E-state index contributed by atoms with van der Waals surface area (Å²) >= 11 is 8.11. The van der Waals surface area contributed by atoms with E-state index in [1.165, 1.54) is 7.11 Å². The Morgan fingerprint density at radius 3 is 2.68 bits per heavy atom. The van der Waals surface area contributed by atoms with E-state index in [0.29, 0.717) is 16.3 Å². The number of amides is 1. The molecule has 0 radical (unpaired) electrons. The molecule has 106 valence electrons. The summed E-state index contributed by atoms with van der Waals surface area (Å²) in [6.45, 7) is 3.73. The molecule has 1 aromatic carbocycles. The fraction of sp³-hybridized carbons (Fsp3) is 0.462. The molecule has 1 aromatic rings. The highest BCUT2D eigenvalue weighted by Crippen LogP contribution is 2.28. The van der Waals surface area contributed by atoms with Crippen molar-refractivity contribution in [3.8, 4) is 5.75 Å². The van der Waals surface area contributed by atoms with E-state index < -0.39 is 0 Å². The van der Waals surface area contributed by atoms with Crippen LogP contribution in [0.5, 0.6) is 5.75 Å². The molecule has 4 nitrogen and oxygen atoms in total. The van der Waals surface area contributed by atoms with E-state index in [2.05, 4.69) is 27.9 Å². The molecule has 0 heterocycles. The molecule has 0 bridgehead atoms. The summed E-state index contributed by atoms with van der Waals surface area (Å²) in [6, 6.07) is 3.17. The van der Waals surface area contributed by atoms with Gasteiger partial charge in [-0.25, -0.2) is 0 Å². The Morgan fingerprint density at radius 1 is 1.53 bits per heavy atom. The Balaban J connectivity index is 2.96. The average Bonchev–Trinajstić information content (AvgIpc) is 2.39. The Labute approximate surface area is 131 Å². The van der Waals surface area contributed by atoms with Gasteiger partial charge in [-0.05, 0) is 47.6 Å². The van der Waals surface area contributed by atoms with E-state index in [-0.39, 0.29) is 24.5 Å². The normalized spacial score (nSPS) is 13.8. The van der Waals surface area contributed by atoms with Crippen molar-refractivity contribution in [3.63, 3.8) is 0 Å². The molecule has 0 aliphatic rings. The highest BCUT2D eigenvalue weighted by molar-refractivity contribution is 14.1. The minimum atomic E-state index is -0.261. The summed E-state index contributed by atoms with van der Waals surface area (Å²) in [5.41, 5.74) is 0.393. The number of methoxy groups -OCH3 is 1. The van der Waals surface area contributed by atoms with E-state index in [1.807, 2.05) is 13.8 Å². The number of halogens is 2. The molecule has 0 saturated carbocycles. The minimum absolute atomic E-state index is 0.0192. The van der Waals surface area contributed by atoms with Crippen LogP contribution in [0.2, 0.25) is 5.02 Å². The molecule has 0 aliphatic carbocycles. The molecule has 1 rings (SSSR count). The summed E-state index contributed by atoms with van der Waals surface area (Å²) in [4.78, 5) is 12.2. The molecule has 0 saturated heterocycles. The minimum Gasteiger partial charge on any atom is -0.496 e. The zero-order valence-corrected chi connectivity index (χ0v) is 13.9. The zero-order chi connectivity index (χ0) is 14.6. The third kappa shape index (κ3) is 4.22. The van der Waals surface area contributed by atoms with Crippen LogP contribution in [0, 0.1) is 9.49 Å². The molecular weight excluding hydrogens is 381 g/mol. The first kappa shape index (κ1) is 16.5. The highest BCUT2D eigenvalue weighted by atomic mass is 127. The predicted octanol–water partition coefficient (Wildman–Crippen LogP) is 2.70. The monoisotopic (exact) mass is 397 g/mol. The third-order valence-corrected chi connectivity index (χ3v) is 4.51. The van der Waals surface area contributed by atoms with Gasteiger partial charge in [0.25, 0.3) is 5.91 Å². The lowest BCUT2D eigenvalue weighted by Crippen LogP contribution is -2.38. The van der Waals surface area contributed by atoms with Crippen molar-refractivity contribution < 1.29 is 14.6 Å². The van der Waals surface area contributed by atoms with Crippen molar-refractivity contribution in [1.82, 2.24) is 5.32 Å². The quantitative estimate of drug-likeness (QED) is 0.751. The number of carbonyl (C=O) groups excluding carboxylic acids is 1. The van der Waals surface area contributed by atoms with Gasteiger partial charge in [-0.15, -0.1) is 0 Å². The number of carbonyl (C=O) groups is 1. The zero-order valence-electron chi connectivity index (χ0n) is 11.0. The number of aliphatic hydroxyl groups is 1. The third-order valence-electron chi connectivity index (χ3n) is 2.99. The summed E-state index contributed by atoms with van der Waals surface area (Å²) in [5.74, 6) is 0.201. The second kappa shape index (κ2) is 7.31. The fourth-order valence-electron chi connectivity index (χ4n) is 1.46. The Morgan fingerprint density at radius 2 is 2.16 bits per heavy atom. The molecule has 2 N–H and O–H groups in total. The van der Waals surface area contributed by atoms with E-state index in [9.17, 15) is 4.79 Å². The smallest absolute Gasteiger partial charge is 0.255 e. The number of benzene rings is 1. The number of hydrogen-bond acceptors (Lipinski definition) is 3. The van der Waals surface area contributed by atoms with Crippen LogP contribution in [0.25, 0.3) is 0 Å². The molecule has 0 aliphatic heterocycles. The van der Waals surface area contributed by atoms with Crippen LogP contribution >= 0.6 is 34.2 Å². The van der Waals surface area contributed by atoms with Crippen LogP contribution < -0.4 is 10.1 Å². The van der Waals surface area contributed by atoms with Crippen LogP contribution in [0.3, 0.4) is 0 Å².